The first kappa shape index (κ1) is 38.7. The molecule has 0 N–H and O–H groups in total. The fourth-order valence-corrected chi connectivity index (χ4v) is 11.0. The maximum atomic E-state index is 2.47. The third kappa shape index (κ3) is 6.26. The number of hydrogen-bond donors (Lipinski definition) is 0. The van der Waals surface area contributed by atoms with Crippen molar-refractivity contribution in [2.24, 2.45) is 0 Å². The van der Waals surface area contributed by atoms with Gasteiger partial charge in [0.2, 0.25) is 0 Å². The molecule has 0 aliphatic heterocycles. The summed E-state index contributed by atoms with van der Waals surface area (Å²) in [6, 6.07) is 98.1. The molecule has 1 aliphatic carbocycles. The minimum absolute atomic E-state index is 0.555. The van der Waals surface area contributed by atoms with Gasteiger partial charge in [0.05, 0.1) is 16.4 Å². The van der Waals surface area contributed by atoms with Gasteiger partial charge in [-0.15, -0.1) is 0 Å². The lowest BCUT2D eigenvalue weighted by molar-refractivity contribution is 0.769. The molecule has 1 aromatic heterocycles. The number of benzene rings is 11. The lowest BCUT2D eigenvalue weighted by Gasteiger charge is -2.35. The van der Waals surface area contributed by atoms with E-state index in [9.17, 15) is 0 Å². The zero-order chi connectivity index (χ0) is 44.3. The van der Waals surface area contributed by atoms with E-state index >= 15 is 0 Å². The third-order valence-corrected chi connectivity index (χ3v) is 14.0. The second kappa shape index (κ2) is 15.8. The summed E-state index contributed by atoms with van der Waals surface area (Å²) in [7, 11) is 0. The SMILES string of the molecule is c1ccc(-c2ccc(N(c3ccc(-c4ccc5c6ccccc6n(-c6ccccc6)c5c4)cc3)c3ccc4c(c3)C(c3ccccc3)(c3ccccc3)c3cc5ccccc5cc3-4)cc2)cc1. The van der Waals surface area contributed by atoms with Gasteiger partial charge in [0.15, 0.2) is 0 Å². The van der Waals surface area contributed by atoms with Crippen LogP contribution in [0.3, 0.4) is 0 Å². The highest BCUT2D eigenvalue weighted by molar-refractivity contribution is 6.10. The van der Waals surface area contributed by atoms with Crippen LogP contribution in [-0.4, -0.2) is 4.57 Å². The van der Waals surface area contributed by atoms with Crippen LogP contribution < -0.4 is 4.90 Å². The number of nitrogens with zero attached hydrogens (tertiary/aromatic N) is 2. The second-order valence-corrected chi connectivity index (χ2v) is 17.7. The molecule has 314 valence electrons. The second-order valence-electron chi connectivity index (χ2n) is 17.7. The Kier molecular flexibility index (Phi) is 9.11. The predicted octanol–water partition coefficient (Wildman–Crippen LogP) is 17.1. The summed E-state index contributed by atoms with van der Waals surface area (Å²) in [5.74, 6) is 0. The molecule has 1 heterocycles. The number of hydrogen-bond acceptors (Lipinski definition) is 1. The van der Waals surface area contributed by atoms with Crippen LogP contribution in [-0.2, 0) is 5.41 Å². The van der Waals surface area contributed by atoms with Gasteiger partial charge in [-0.1, -0.05) is 194 Å². The molecule has 0 saturated carbocycles. The van der Waals surface area contributed by atoms with Crippen molar-refractivity contribution in [3.8, 4) is 39.1 Å². The summed E-state index contributed by atoms with van der Waals surface area (Å²) in [6.45, 7) is 0. The van der Waals surface area contributed by atoms with E-state index in [2.05, 4.69) is 276 Å². The van der Waals surface area contributed by atoms with E-state index in [0.717, 1.165) is 22.7 Å². The van der Waals surface area contributed by atoms with E-state index in [1.165, 1.54) is 88.2 Å². The average Bonchev–Trinajstić information content (AvgIpc) is 3.89. The van der Waals surface area contributed by atoms with E-state index < -0.39 is 5.41 Å². The van der Waals surface area contributed by atoms with E-state index in [1.807, 2.05) is 0 Å². The molecule has 0 atom stereocenters. The molecule has 67 heavy (non-hydrogen) atoms. The monoisotopic (exact) mass is 852 g/mol. The molecule has 2 nitrogen and oxygen atoms in total. The Morgan fingerprint density at radius 1 is 0.299 bits per heavy atom. The van der Waals surface area contributed by atoms with Crippen LogP contribution in [0.2, 0.25) is 0 Å². The molecule has 13 rings (SSSR count). The van der Waals surface area contributed by atoms with Gasteiger partial charge in [-0.25, -0.2) is 0 Å². The molecule has 0 spiro atoms. The molecular formula is C65H44N2. The normalized spacial score (nSPS) is 12.6. The maximum Gasteiger partial charge on any atom is 0.0714 e. The van der Waals surface area contributed by atoms with Gasteiger partial charge in [-0.3, -0.25) is 0 Å². The lowest BCUT2D eigenvalue weighted by atomic mass is 9.67. The Balaban J connectivity index is 0.993. The third-order valence-electron chi connectivity index (χ3n) is 14.0. The summed E-state index contributed by atoms with van der Waals surface area (Å²) in [4.78, 5) is 2.43. The molecular weight excluding hydrogens is 809 g/mol. The molecule has 0 bridgehead atoms. The molecule has 12 aromatic rings. The van der Waals surface area contributed by atoms with Crippen molar-refractivity contribution in [2.75, 3.05) is 4.90 Å². The average molecular weight is 853 g/mol. The van der Waals surface area contributed by atoms with Gasteiger partial charge in [0, 0.05) is 33.5 Å². The van der Waals surface area contributed by atoms with Gasteiger partial charge >= 0.3 is 0 Å². The van der Waals surface area contributed by atoms with Crippen LogP contribution >= 0.6 is 0 Å². The minimum Gasteiger partial charge on any atom is -0.310 e. The Labute approximate surface area is 390 Å². The zero-order valence-electron chi connectivity index (χ0n) is 36.8. The van der Waals surface area contributed by atoms with Crippen molar-refractivity contribution in [3.05, 3.63) is 289 Å². The smallest absolute Gasteiger partial charge is 0.0714 e. The van der Waals surface area contributed by atoms with Crippen LogP contribution in [0.5, 0.6) is 0 Å². The summed E-state index contributed by atoms with van der Waals surface area (Å²) < 4.78 is 2.39. The summed E-state index contributed by atoms with van der Waals surface area (Å²) in [5.41, 5.74) is 18.6. The van der Waals surface area contributed by atoms with E-state index in [-0.39, 0.29) is 0 Å². The summed E-state index contributed by atoms with van der Waals surface area (Å²) in [5, 5.41) is 4.99. The van der Waals surface area contributed by atoms with Gasteiger partial charge in [0.1, 0.15) is 0 Å². The van der Waals surface area contributed by atoms with Crippen LogP contribution in [0.25, 0.3) is 71.6 Å². The molecule has 0 amide bonds. The highest BCUT2D eigenvalue weighted by atomic mass is 15.1. The first-order chi connectivity index (χ1) is 33.2. The largest absolute Gasteiger partial charge is 0.310 e. The van der Waals surface area contributed by atoms with Crippen molar-refractivity contribution >= 4 is 49.6 Å². The number of anilines is 3. The zero-order valence-corrected chi connectivity index (χ0v) is 36.8. The van der Waals surface area contributed by atoms with Crippen LogP contribution in [0.1, 0.15) is 22.3 Å². The van der Waals surface area contributed by atoms with Gasteiger partial charge in [-0.05, 0) is 139 Å². The predicted molar refractivity (Wildman–Crippen MR) is 281 cm³/mol. The van der Waals surface area contributed by atoms with Crippen molar-refractivity contribution in [1.29, 1.82) is 0 Å². The fourth-order valence-electron chi connectivity index (χ4n) is 11.0. The first-order valence-electron chi connectivity index (χ1n) is 23.2. The Hall–Kier alpha value is -8.72. The molecule has 11 aromatic carbocycles. The van der Waals surface area contributed by atoms with Gasteiger partial charge < -0.3 is 9.47 Å². The van der Waals surface area contributed by atoms with Crippen molar-refractivity contribution in [2.45, 2.75) is 5.41 Å². The van der Waals surface area contributed by atoms with Crippen molar-refractivity contribution < 1.29 is 0 Å². The molecule has 0 radical (unpaired) electrons. The van der Waals surface area contributed by atoms with Crippen LogP contribution in [0.15, 0.2) is 267 Å². The first-order valence-corrected chi connectivity index (χ1v) is 23.2. The Morgan fingerprint density at radius 2 is 0.776 bits per heavy atom. The summed E-state index contributed by atoms with van der Waals surface area (Å²) >= 11 is 0. The van der Waals surface area contributed by atoms with Crippen molar-refractivity contribution in [1.82, 2.24) is 4.57 Å². The topological polar surface area (TPSA) is 8.17 Å². The lowest BCUT2D eigenvalue weighted by Crippen LogP contribution is -2.28. The molecule has 2 heteroatoms. The quantitative estimate of drug-likeness (QED) is 0.148. The maximum absolute atomic E-state index is 2.47. The van der Waals surface area contributed by atoms with Gasteiger partial charge in [-0.2, -0.15) is 0 Å². The number of para-hydroxylation sites is 2. The summed E-state index contributed by atoms with van der Waals surface area (Å²) in [6.07, 6.45) is 0. The Bertz CT molecular complexity index is 3720. The van der Waals surface area contributed by atoms with E-state index in [4.69, 9.17) is 0 Å². The van der Waals surface area contributed by atoms with Gasteiger partial charge in [0.25, 0.3) is 0 Å². The number of rotatable bonds is 8. The molecule has 1 aliphatic rings. The minimum atomic E-state index is -0.555. The highest BCUT2D eigenvalue weighted by Crippen LogP contribution is 2.58. The van der Waals surface area contributed by atoms with Crippen LogP contribution in [0, 0.1) is 0 Å². The van der Waals surface area contributed by atoms with Crippen LogP contribution in [0.4, 0.5) is 17.1 Å². The van der Waals surface area contributed by atoms with Crippen molar-refractivity contribution in [3.63, 3.8) is 0 Å². The standard InChI is InChI=1S/C65H44N2/c1-5-17-45(18-6-1)46-29-34-54(35-30-46)66(55-36-31-47(32-37-55)50-33-39-59-58-27-15-16-28-63(58)67(64(59)43-50)53-25-11-4-12-26-53)56-38-40-57-60-41-48-19-13-14-20-49(48)42-61(60)65(62(57)44-56,51-21-7-2-8-22-51)52-23-9-3-10-24-52/h1-44H. The molecule has 0 saturated heterocycles. The fraction of sp³-hybridized carbons (Fsp3) is 0.0154. The molecule has 0 unspecified atom stereocenters. The van der Waals surface area contributed by atoms with E-state index in [0.29, 0.717) is 0 Å². The number of aromatic nitrogens is 1. The highest BCUT2D eigenvalue weighted by Gasteiger charge is 2.46. The van der Waals surface area contributed by atoms with E-state index in [1.54, 1.807) is 0 Å². The Morgan fingerprint density at radius 3 is 1.43 bits per heavy atom. The number of fused-ring (bicyclic) bond motifs is 7. The molecule has 0 fully saturated rings.